The fourth-order valence-corrected chi connectivity index (χ4v) is 2.29. The van der Waals surface area contributed by atoms with E-state index in [1.807, 2.05) is 18.2 Å². The Balaban J connectivity index is 2.52. The number of nitrogens with zero attached hydrogens (tertiary/aromatic N) is 2. The first-order valence-corrected chi connectivity index (χ1v) is 7.35. The Morgan fingerprint density at radius 3 is 2.75 bits per heavy atom. The minimum absolute atomic E-state index is 0.331. The van der Waals surface area contributed by atoms with Crippen molar-refractivity contribution >= 4 is 32.8 Å². The van der Waals surface area contributed by atoms with Crippen molar-refractivity contribution in [2.75, 3.05) is 7.11 Å². The molecule has 1 aromatic heterocycles. The van der Waals surface area contributed by atoms with E-state index in [0.29, 0.717) is 22.8 Å². The molecule has 5 heteroatoms. The number of rotatable bonds is 4. The van der Waals surface area contributed by atoms with Gasteiger partial charge in [0.1, 0.15) is 5.82 Å². The number of hydrogen-bond acceptors (Lipinski definition) is 4. The van der Waals surface area contributed by atoms with Crippen LogP contribution in [0.5, 0.6) is 0 Å². The number of carbonyl (C=O) groups is 1. The highest BCUT2D eigenvalue weighted by Crippen LogP contribution is 2.22. The van der Waals surface area contributed by atoms with E-state index in [4.69, 9.17) is 4.74 Å². The SMILES string of the molecule is COC(=O)c1nc(CCC(C)C)nc2ccc(Br)cc12. The van der Waals surface area contributed by atoms with Crippen LogP contribution in [0.15, 0.2) is 22.7 Å². The van der Waals surface area contributed by atoms with Crippen molar-refractivity contribution in [2.24, 2.45) is 5.92 Å². The van der Waals surface area contributed by atoms with Crippen molar-refractivity contribution in [2.45, 2.75) is 26.7 Å². The first-order chi connectivity index (χ1) is 9.51. The van der Waals surface area contributed by atoms with Crippen LogP contribution in [0.1, 0.15) is 36.6 Å². The van der Waals surface area contributed by atoms with Crippen LogP contribution >= 0.6 is 15.9 Å². The molecular weight excluding hydrogens is 320 g/mol. The summed E-state index contributed by atoms with van der Waals surface area (Å²) >= 11 is 3.40. The van der Waals surface area contributed by atoms with Crippen LogP contribution in [0.3, 0.4) is 0 Å². The number of ether oxygens (including phenoxy) is 1. The molecule has 0 spiro atoms. The average molecular weight is 337 g/mol. The third-order valence-electron chi connectivity index (χ3n) is 3.03. The van der Waals surface area contributed by atoms with Crippen molar-refractivity contribution in [3.8, 4) is 0 Å². The van der Waals surface area contributed by atoms with Crippen LogP contribution in [0, 0.1) is 5.92 Å². The average Bonchev–Trinajstić information content (AvgIpc) is 2.43. The standard InChI is InChI=1S/C15H17BrN2O2/c1-9(2)4-7-13-17-12-6-5-10(16)8-11(12)14(18-13)15(19)20-3/h5-6,8-9H,4,7H2,1-3H3. The van der Waals surface area contributed by atoms with E-state index in [0.717, 1.165) is 22.8 Å². The Hall–Kier alpha value is -1.49. The highest BCUT2D eigenvalue weighted by molar-refractivity contribution is 9.10. The maximum Gasteiger partial charge on any atom is 0.357 e. The number of carbonyl (C=O) groups excluding carboxylic acids is 1. The van der Waals surface area contributed by atoms with E-state index >= 15 is 0 Å². The Labute approximate surface area is 126 Å². The lowest BCUT2D eigenvalue weighted by Gasteiger charge is -2.08. The lowest BCUT2D eigenvalue weighted by molar-refractivity contribution is 0.0596. The quantitative estimate of drug-likeness (QED) is 0.797. The van der Waals surface area contributed by atoms with Gasteiger partial charge in [-0.3, -0.25) is 0 Å². The zero-order valence-corrected chi connectivity index (χ0v) is 13.4. The Morgan fingerprint density at radius 1 is 1.35 bits per heavy atom. The van der Waals surface area contributed by atoms with E-state index in [-0.39, 0.29) is 0 Å². The Kier molecular flexibility index (Phi) is 4.70. The Morgan fingerprint density at radius 2 is 2.10 bits per heavy atom. The van der Waals surface area contributed by atoms with Gasteiger partial charge in [0.05, 0.1) is 12.6 Å². The van der Waals surface area contributed by atoms with E-state index in [1.54, 1.807) is 0 Å². The van der Waals surface area contributed by atoms with Crippen LogP contribution in [0.25, 0.3) is 10.9 Å². The molecule has 106 valence electrons. The van der Waals surface area contributed by atoms with Crippen molar-refractivity contribution in [3.05, 3.63) is 34.2 Å². The molecular formula is C15H17BrN2O2. The van der Waals surface area contributed by atoms with Gasteiger partial charge < -0.3 is 4.74 Å². The number of halogens is 1. The van der Waals surface area contributed by atoms with Crippen molar-refractivity contribution < 1.29 is 9.53 Å². The molecule has 4 nitrogen and oxygen atoms in total. The first kappa shape index (κ1) is 14.9. The van der Waals surface area contributed by atoms with E-state index in [2.05, 4.69) is 39.7 Å². The second kappa shape index (κ2) is 6.31. The van der Waals surface area contributed by atoms with Gasteiger partial charge in [0.15, 0.2) is 5.69 Å². The molecule has 0 fully saturated rings. The summed E-state index contributed by atoms with van der Waals surface area (Å²) < 4.78 is 5.70. The molecule has 0 aliphatic rings. The lowest BCUT2D eigenvalue weighted by atomic mass is 10.1. The smallest absolute Gasteiger partial charge is 0.357 e. The number of fused-ring (bicyclic) bond motifs is 1. The molecule has 0 N–H and O–H groups in total. The van der Waals surface area contributed by atoms with Gasteiger partial charge in [0.25, 0.3) is 0 Å². The summed E-state index contributed by atoms with van der Waals surface area (Å²) in [5.74, 6) is 0.830. The molecule has 0 saturated carbocycles. The first-order valence-electron chi connectivity index (χ1n) is 6.55. The third kappa shape index (κ3) is 3.33. The fourth-order valence-electron chi connectivity index (χ4n) is 1.93. The highest BCUT2D eigenvalue weighted by Gasteiger charge is 2.15. The summed E-state index contributed by atoms with van der Waals surface area (Å²) in [6.07, 6.45) is 1.75. The number of aromatic nitrogens is 2. The van der Waals surface area contributed by atoms with Crippen molar-refractivity contribution in [3.63, 3.8) is 0 Å². The monoisotopic (exact) mass is 336 g/mol. The van der Waals surface area contributed by atoms with Crippen LogP contribution in [0.2, 0.25) is 0 Å². The molecule has 0 saturated heterocycles. The van der Waals surface area contributed by atoms with Gasteiger partial charge in [-0.15, -0.1) is 0 Å². The number of methoxy groups -OCH3 is 1. The molecule has 0 atom stereocenters. The van der Waals surface area contributed by atoms with E-state index in [9.17, 15) is 4.79 Å². The van der Waals surface area contributed by atoms with Gasteiger partial charge in [-0.2, -0.15) is 0 Å². The topological polar surface area (TPSA) is 52.1 Å². The molecule has 0 aliphatic carbocycles. The summed E-state index contributed by atoms with van der Waals surface area (Å²) in [7, 11) is 1.36. The second-order valence-electron chi connectivity index (χ2n) is 5.07. The summed E-state index contributed by atoms with van der Waals surface area (Å²) in [4.78, 5) is 20.8. The van der Waals surface area contributed by atoms with Gasteiger partial charge in [0.2, 0.25) is 0 Å². The molecule has 0 bridgehead atoms. The van der Waals surface area contributed by atoms with E-state index < -0.39 is 5.97 Å². The molecule has 0 amide bonds. The number of esters is 1. The zero-order chi connectivity index (χ0) is 14.7. The summed E-state index contributed by atoms with van der Waals surface area (Å²) in [5.41, 5.74) is 1.10. The number of hydrogen-bond donors (Lipinski definition) is 0. The molecule has 0 radical (unpaired) electrons. The van der Waals surface area contributed by atoms with Gasteiger partial charge in [-0.05, 0) is 30.5 Å². The third-order valence-corrected chi connectivity index (χ3v) is 3.52. The maximum absolute atomic E-state index is 11.9. The van der Waals surface area contributed by atoms with Crippen LogP contribution in [-0.2, 0) is 11.2 Å². The summed E-state index contributed by atoms with van der Waals surface area (Å²) in [6, 6.07) is 5.63. The largest absolute Gasteiger partial charge is 0.464 e. The predicted molar refractivity (Wildman–Crippen MR) is 81.7 cm³/mol. The predicted octanol–water partition coefficient (Wildman–Crippen LogP) is 3.77. The van der Waals surface area contributed by atoms with Crippen LogP contribution in [-0.4, -0.2) is 23.0 Å². The van der Waals surface area contributed by atoms with Crippen molar-refractivity contribution in [1.82, 2.24) is 9.97 Å². The minimum Gasteiger partial charge on any atom is -0.464 e. The summed E-state index contributed by atoms with van der Waals surface area (Å²) in [6.45, 7) is 4.30. The van der Waals surface area contributed by atoms with Gasteiger partial charge >= 0.3 is 5.97 Å². The second-order valence-corrected chi connectivity index (χ2v) is 5.99. The zero-order valence-electron chi connectivity index (χ0n) is 11.8. The molecule has 20 heavy (non-hydrogen) atoms. The summed E-state index contributed by atoms with van der Waals surface area (Å²) in [5, 5.41) is 0.708. The molecule has 0 unspecified atom stereocenters. The van der Waals surface area contributed by atoms with E-state index in [1.165, 1.54) is 7.11 Å². The van der Waals surface area contributed by atoms with Crippen LogP contribution < -0.4 is 0 Å². The molecule has 0 aliphatic heterocycles. The number of benzene rings is 1. The highest BCUT2D eigenvalue weighted by atomic mass is 79.9. The lowest BCUT2D eigenvalue weighted by Crippen LogP contribution is -2.10. The molecule has 1 heterocycles. The minimum atomic E-state index is -0.429. The van der Waals surface area contributed by atoms with Gasteiger partial charge in [-0.25, -0.2) is 14.8 Å². The maximum atomic E-state index is 11.9. The molecule has 2 rings (SSSR count). The number of aryl methyl sites for hydroxylation is 1. The van der Waals surface area contributed by atoms with Crippen LogP contribution in [0.4, 0.5) is 0 Å². The molecule has 1 aromatic carbocycles. The van der Waals surface area contributed by atoms with Gasteiger partial charge in [0, 0.05) is 16.3 Å². The normalized spacial score (nSPS) is 11.1. The van der Waals surface area contributed by atoms with Crippen molar-refractivity contribution in [1.29, 1.82) is 0 Å². The fraction of sp³-hybridized carbons (Fsp3) is 0.400. The molecule has 2 aromatic rings. The Bertz CT molecular complexity index is 641. The van der Waals surface area contributed by atoms with Gasteiger partial charge in [-0.1, -0.05) is 29.8 Å².